The second-order valence-corrected chi connectivity index (χ2v) is 5.81. The molecule has 0 saturated carbocycles. The number of anilines is 1. The number of hydrogen-bond donors (Lipinski definition) is 2. The maximum absolute atomic E-state index is 11.8. The molecule has 2 heterocycles. The van der Waals surface area contributed by atoms with E-state index in [2.05, 4.69) is 15.6 Å². The molecule has 3 rings (SSSR count). The number of nitrogens with one attached hydrogen (secondary N) is 2. The van der Waals surface area contributed by atoms with E-state index in [4.69, 9.17) is 0 Å². The van der Waals surface area contributed by atoms with Crippen molar-refractivity contribution in [2.75, 3.05) is 5.32 Å². The van der Waals surface area contributed by atoms with Gasteiger partial charge in [-0.05, 0) is 18.6 Å². The van der Waals surface area contributed by atoms with Gasteiger partial charge in [0, 0.05) is 24.0 Å². The SMILES string of the molecule is Cc1ccc(/C=C/C(=O)Nc2nc3c(s2)CNC3)cc1. The van der Waals surface area contributed by atoms with Crippen LogP contribution in [0.4, 0.5) is 5.13 Å². The molecule has 0 spiro atoms. The standard InChI is InChI=1S/C15H15N3OS/c1-10-2-4-11(5-3-10)6-7-14(19)18-15-17-12-8-16-9-13(12)20-15/h2-7,16H,8-9H2,1H3,(H,17,18,19)/b7-6+. The van der Waals surface area contributed by atoms with E-state index in [1.165, 1.54) is 27.9 Å². The van der Waals surface area contributed by atoms with Crippen LogP contribution in [0.5, 0.6) is 0 Å². The van der Waals surface area contributed by atoms with Crippen molar-refractivity contribution in [1.82, 2.24) is 10.3 Å². The highest BCUT2D eigenvalue weighted by Gasteiger charge is 2.16. The van der Waals surface area contributed by atoms with Gasteiger partial charge in [0.2, 0.25) is 5.91 Å². The van der Waals surface area contributed by atoms with Crippen LogP contribution in [-0.4, -0.2) is 10.9 Å². The summed E-state index contributed by atoms with van der Waals surface area (Å²) in [6.07, 6.45) is 3.34. The molecular weight excluding hydrogens is 270 g/mol. The molecule has 1 aromatic heterocycles. The largest absolute Gasteiger partial charge is 0.306 e. The van der Waals surface area contributed by atoms with Gasteiger partial charge in [-0.3, -0.25) is 10.1 Å². The predicted molar refractivity (Wildman–Crippen MR) is 81.5 cm³/mol. The highest BCUT2D eigenvalue weighted by atomic mass is 32.1. The first-order valence-corrected chi connectivity index (χ1v) is 7.27. The van der Waals surface area contributed by atoms with Crippen LogP contribution in [0.25, 0.3) is 6.08 Å². The fraction of sp³-hybridized carbons (Fsp3) is 0.200. The van der Waals surface area contributed by atoms with Crippen molar-refractivity contribution in [3.63, 3.8) is 0 Å². The van der Waals surface area contributed by atoms with Crippen molar-refractivity contribution >= 4 is 28.5 Å². The average Bonchev–Trinajstić information content (AvgIpc) is 2.99. The van der Waals surface area contributed by atoms with E-state index < -0.39 is 0 Å². The average molecular weight is 285 g/mol. The van der Waals surface area contributed by atoms with Gasteiger partial charge in [-0.2, -0.15) is 0 Å². The van der Waals surface area contributed by atoms with Crippen LogP contribution in [0.2, 0.25) is 0 Å². The fourth-order valence-corrected chi connectivity index (χ4v) is 2.95. The lowest BCUT2D eigenvalue weighted by Gasteiger charge is -1.97. The molecule has 1 amide bonds. The van der Waals surface area contributed by atoms with E-state index in [1.807, 2.05) is 31.2 Å². The van der Waals surface area contributed by atoms with Crippen LogP contribution < -0.4 is 10.6 Å². The Bertz CT molecular complexity index is 637. The molecule has 1 aromatic carbocycles. The van der Waals surface area contributed by atoms with E-state index in [1.54, 1.807) is 6.08 Å². The van der Waals surface area contributed by atoms with Gasteiger partial charge in [0.1, 0.15) is 0 Å². The van der Waals surface area contributed by atoms with E-state index in [-0.39, 0.29) is 5.91 Å². The monoisotopic (exact) mass is 285 g/mol. The topological polar surface area (TPSA) is 54.0 Å². The Labute approximate surface area is 121 Å². The lowest BCUT2D eigenvalue weighted by molar-refractivity contribution is -0.111. The molecule has 2 N–H and O–H groups in total. The summed E-state index contributed by atoms with van der Waals surface area (Å²) in [6, 6.07) is 8.03. The Morgan fingerprint density at radius 2 is 2.15 bits per heavy atom. The smallest absolute Gasteiger partial charge is 0.250 e. The van der Waals surface area contributed by atoms with Crippen molar-refractivity contribution in [3.05, 3.63) is 52.0 Å². The lowest BCUT2D eigenvalue weighted by atomic mass is 10.1. The quantitative estimate of drug-likeness (QED) is 0.853. The molecule has 2 aromatic rings. The molecule has 0 saturated heterocycles. The van der Waals surface area contributed by atoms with Crippen LogP contribution in [0.15, 0.2) is 30.3 Å². The minimum atomic E-state index is -0.147. The number of amides is 1. The lowest BCUT2D eigenvalue weighted by Crippen LogP contribution is -2.08. The molecule has 102 valence electrons. The Morgan fingerprint density at radius 1 is 1.35 bits per heavy atom. The van der Waals surface area contributed by atoms with Gasteiger partial charge in [-0.25, -0.2) is 4.98 Å². The van der Waals surface area contributed by atoms with Crippen LogP contribution >= 0.6 is 11.3 Å². The minimum absolute atomic E-state index is 0.147. The maximum Gasteiger partial charge on any atom is 0.250 e. The number of fused-ring (bicyclic) bond motifs is 1. The van der Waals surface area contributed by atoms with E-state index in [0.717, 1.165) is 24.3 Å². The number of nitrogens with zero attached hydrogens (tertiary/aromatic N) is 1. The Morgan fingerprint density at radius 3 is 2.90 bits per heavy atom. The van der Waals surface area contributed by atoms with Gasteiger partial charge >= 0.3 is 0 Å². The highest BCUT2D eigenvalue weighted by Crippen LogP contribution is 2.26. The maximum atomic E-state index is 11.8. The summed E-state index contributed by atoms with van der Waals surface area (Å²) in [5.41, 5.74) is 3.27. The first-order chi connectivity index (χ1) is 9.70. The molecule has 4 nitrogen and oxygen atoms in total. The number of hydrogen-bond acceptors (Lipinski definition) is 4. The zero-order chi connectivity index (χ0) is 13.9. The summed E-state index contributed by atoms with van der Waals surface area (Å²) in [7, 11) is 0. The summed E-state index contributed by atoms with van der Waals surface area (Å²) >= 11 is 1.53. The summed E-state index contributed by atoms with van der Waals surface area (Å²) in [4.78, 5) is 17.4. The second kappa shape index (κ2) is 5.56. The van der Waals surface area contributed by atoms with Crippen LogP contribution in [0.3, 0.4) is 0 Å². The number of carbonyl (C=O) groups is 1. The number of aryl methyl sites for hydroxylation is 1. The van der Waals surface area contributed by atoms with Gasteiger partial charge in [-0.1, -0.05) is 29.8 Å². The molecular formula is C15H15N3OS. The third kappa shape index (κ3) is 2.95. The minimum Gasteiger partial charge on any atom is -0.306 e. The summed E-state index contributed by atoms with van der Waals surface area (Å²) in [6.45, 7) is 3.68. The molecule has 0 fully saturated rings. The van der Waals surface area contributed by atoms with E-state index in [0.29, 0.717) is 5.13 Å². The number of benzene rings is 1. The van der Waals surface area contributed by atoms with Crippen LogP contribution in [-0.2, 0) is 17.9 Å². The van der Waals surface area contributed by atoms with Crippen molar-refractivity contribution < 1.29 is 4.79 Å². The zero-order valence-corrected chi connectivity index (χ0v) is 12.0. The van der Waals surface area contributed by atoms with Gasteiger partial charge in [0.25, 0.3) is 0 Å². The normalized spacial score (nSPS) is 13.7. The van der Waals surface area contributed by atoms with Gasteiger partial charge < -0.3 is 5.32 Å². The molecule has 20 heavy (non-hydrogen) atoms. The summed E-state index contributed by atoms with van der Waals surface area (Å²) in [5.74, 6) is -0.147. The molecule has 0 radical (unpaired) electrons. The first kappa shape index (κ1) is 13.0. The molecule has 0 atom stereocenters. The molecule has 1 aliphatic heterocycles. The van der Waals surface area contributed by atoms with Crippen LogP contribution in [0.1, 0.15) is 21.7 Å². The molecule has 0 bridgehead atoms. The van der Waals surface area contributed by atoms with Crippen molar-refractivity contribution in [3.8, 4) is 0 Å². The number of rotatable bonds is 3. The molecule has 0 unspecified atom stereocenters. The van der Waals surface area contributed by atoms with Gasteiger partial charge in [0.05, 0.1) is 5.69 Å². The fourth-order valence-electron chi connectivity index (χ4n) is 2.00. The molecule has 5 heteroatoms. The van der Waals surface area contributed by atoms with Gasteiger partial charge in [-0.15, -0.1) is 11.3 Å². The second-order valence-electron chi connectivity index (χ2n) is 4.73. The highest BCUT2D eigenvalue weighted by molar-refractivity contribution is 7.15. The Kier molecular flexibility index (Phi) is 3.62. The number of aromatic nitrogens is 1. The first-order valence-electron chi connectivity index (χ1n) is 6.46. The van der Waals surface area contributed by atoms with Gasteiger partial charge in [0.15, 0.2) is 5.13 Å². The summed E-state index contributed by atoms with van der Waals surface area (Å²) in [5, 5.41) is 6.70. The van der Waals surface area contributed by atoms with Crippen molar-refractivity contribution in [1.29, 1.82) is 0 Å². The van der Waals surface area contributed by atoms with Crippen molar-refractivity contribution in [2.24, 2.45) is 0 Å². The van der Waals surface area contributed by atoms with Crippen molar-refractivity contribution in [2.45, 2.75) is 20.0 Å². The third-order valence-corrected chi connectivity index (χ3v) is 4.10. The molecule has 1 aliphatic rings. The molecule has 0 aliphatic carbocycles. The number of carbonyl (C=O) groups excluding carboxylic acids is 1. The zero-order valence-electron chi connectivity index (χ0n) is 11.1. The van der Waals surface area contributed by atoms with E-state index >= 15 is 0 Å². The summed E-state index contributed by atoms with van der Waals surface area (Å²) < 4.78 is 0. The van der Waals surface area contributed by atoms with Crippen LogP contribution in [0, 0.1) is 6.92 Å². The Hall–Kier alpha value is -1.98. The number of thiazole rings is 1. The third-order valence-electron chi connectivity index (χ3n) is 3.09. The van der Waals surface area contributed by atoms with E-state index in [9.17, 15) is 4.79 Å². The Balaban J connectivity index is 1.62. The predicted octanol–water partition coefficient (Wildman–Crippen LogP) is 2.71.